The molecule has 0 aliphatic heterocycles. The van der Waals surface area contributed by atoms with Crippen LogP contribution in [0.3, 0.4) is 0 Å². The van der Waals surface area contributed by atoms with Crippen molar-refractivity contribution in [2.75, 3.05) is 0 Å². The van der Waals surface area contributed by atoms with Crippen LogP contribution in [0.5, 0.6) is 0 Å². The summed E-state index contributed by atoms with van der Waals surface area (Å²) in [5.74, 6) is 1.78. The average Bonchev–Trinajstić information content (AvgIpc) is 3.09. The first kappa shape index (κ1) is 14.0. The lowest BCUT2D eigenvalue weighted by Crippen LogP contribution is -1.85. The van der Waals surface area contributed by atoms with E-state index in [0.29, 0.717) is 5.69 Å². The van der Waals surface area contributed by atoms with Gasteiger partial charge in [-0.15, -0.1) is 0 Å². The number of nitrogens with one attached hydrogen (secondary N) is 2. The summed E-state index contributed by atoms with van der Waals surface area (Å²) in [5, 5.41) is 9.00. The third kappa shape index (κ3) is 3.55. The second-order valence-corrected chi connectivity index (χ2v) is 4.36. The Morgan fingerprint density at radius 2 is 1.90 bits per heavy atom. The summed E-state index contributed by atoms with van der Waals surface area (Å²) in [4.78, 5) is 14.2. The highest BCUT2D eigenvalue weighted by molar-refractivity contribution is 5.55. The van der Waals surface area contributed by atoms with Crippen molar-refractivity contribution in [2.45, 2.75) is 20.5 Å². The molecule has 3 aromatic rings. The molecule has 2 heterocycles. The van der Waals surface area contributed by atoms with Gasteiger partial charge in [0.1, 0.15) is 11.6 Å². The molecule has 20 heavy (non-hydrogen) atoms. The van der Waals surface area contributed by atoms with Crippen molar-refractivity contribution in [3.63, 3.8) is 0 Å². The molecule has 0 bridgehead atoms. The van der Waals surface area contributed by atoms with Crippen molar-refractivity contribution in [3.8, 4) is 11.4 Å². The van der Waals surface area contributed by atoms with Crippen LogP contribution in [0.1, 0.15) is 17.2 Å². The molecule has 0 spiro atoms. The molecular formula is C15H18N4O. The van der Waals surface area contributed by atoms with E-state index < -0.39 is 0 Å². The Bertz CT molecular complexity index is 629. The third-order valence-corrected chi connectivity index (χ3v) is 2.82. The normalized spacial score (nSPS) is 9.95. The molecular weight excluding hydrogens is 252 g/mol. The number of aromatic amines is 2. The van der Waals surface area contributed by atoms with Crippen LogP contribution >= 0.6 is 0 Å². The van der Waals surface area contributed by atoms with Crippen LogP contribution in [0.25, 0.3) is 11.4 Å². The first-order chi connectivity index (χ1) is 9.70. The Morgan fingerprint density at radius 1 is 1.15 bits per heavy atom. The van der Waals surface area contributed by atoms with Crippen molar-refractivity contribution in [3.05, 3.63) is 59.9 Å². The van der Waals surface area contributed by atoms with Crippen LogP contribution in [0.4, 0.5) is 0 Å². The Morgan fingerprint density at radius 3 is 2.35 bits per heavy atom. The van der Waals surface area contributed by atoms with Gasteiger partial charge in [-0.3, -0.25) is 0 Å². The molecule has 104 valence electrons. The summed E-state index contributed by atoms with van der Waals surface area (Å²) in [6, 6.07) is 9.86. The summed E-state index contributed by atoms with van der Waals surface area (Å²) in [5.41, 5.74) is 2.67. The summed E-state index contributed by atoms with van der Waals surface area (Å²) in [7, 11) is 0. The molecule has 5 heteroatoms. The van der Waals surface area contributed by atoms with E-state index >= 15 is 0 Å². The van der Waals surface area contributed by atoms with Crippen LogP contribution in [0.15, 0.2) is 42.7 Å². The number of aryl methyl sites for hydroxylation is 2. The van der Waals surface area contributed by atoms with E-state index in [0.717, 1.165) is 22.9 Å². The second-order valence-electron chi connectivity index (χ2n) is 4.36. The molecule has 0 atom stereocenters. The number of hydrogen-bond donors (Lipinski definition) is 3. The Hall–Kier alpha value is -2.40. The number of rotatable bonds is 2. The highest BCUT2D eigenvalue weighted by atomic mass is 16.3. The largest absolute Gasteiger partial charge is 0.390 e. The standard InChI is InChI=1S/C11H12N2O.C4H6N2/c1-8-10(7-14)13-11(12-8)9-5-3-2-4-6-9;1-4-5-2-3-6-4/h2-6,14H,7H2,1H3,(H,12,13);2-3H,1H3,(H,5,6). The van der Waals surface area contributed by atoms with Gasteiger partial charge in [0, 0.05) is 23.7 Å². The first-order valence-corrected chi connectivity index (χ1v) is 6.38. The molecule has 3 rings (SSSR count). The van der Waals surface area contributed by atoms with Crippen LogP contribution in [-0.4, -0.2) is 25.0 Å². The molecule has 2 aromatic heterocycles. The van der Waals surface area contributed by atoms with E-state index in [9.17, 15) is 0 Å². The van der Waals surface area contributed by atoms with Gasteiger partial charge >= 0.3 is 0 Å². The number of aliphatic hydroxyl groups excluding tert-OH is 1. The van der Waals surface area contributed by atoms with Crippen molar-refractivity contribution >= 4 is 0 Å². The minimum Gasteiger partial charge on any atom is -0.390 e. The average molecular weight is 270 g/mol. The van der Waals surface area contributed by atoms with Gasteiger partial charge in [0.15, 0.2) is 0 Å². The molecule has 0 fully saturated rings. The molecule has 1 aromatic carbocycles. The van der Waals surface area contributed by atoms with Crippen molar-refractivity contribution < 1.29 is 5.11 Å². The summed E-state index contributed by atoms with van der Waals surface area (Å²) in [6.07, 6.45) is 3.53. The number of H-pyrrole nitrogens is 2. The fraction of sp³-hybridized carbons (Fsp3) is 0.200. The SMILES string of the molecule is Cc1[nH]c(-c2ccccc2)nc1CO.Cc1ncc[nH]1. The maximum Gasteiger partial charge on any atom is 0.137 e. The van der Waals surface area contributed by atoms with E-state index in [1.54, 1.807) is 12.4 Å². The number of hydrogen-bond acceptors (Lipinski definition) is 3. The fourth-order valence-corrected chi connectivity index (χ4v) is 1.73. The lowest BCUT2D eigenvalue weighted by molar-refractivity contribution is 0.276. The van der Waals surface area contributed by atoms with Crippen molar-refractivity contribution in [1.29, 1.82) is 0 Å². The molecule has 3 N–H and O–H groups in total. The summed E-state index contributed by atoms with van der Waals surface area (Å²) >= 11 is 0. The predicted octanol–water partition coefficient (Wildman–Crippen LogP) is 2.60. The number of aromatic nitrogens is 4. The Labute approximate surface area is 117 Å². The second kappa shape index (κ2) is 6.68. The zero-order chi connectivity index (χ0) is 14.4. The quantitative estimate of drug-likeness (QED) is 0.669. The van der Waals surface area contributed by atoms with Gasteiger partial charge in [-0.1, -0.05) is 30.3 Å². The van der Waals surface area contributed by atoms with Crippen LogP contribution in [0.2, 0.25) is 0 Å². The maximum absolute atomic E-state index is 9.00. The highest BCUT2D eigenvalue weighted by Gasteiger charge is 2.06. The van der Waals surface area contributed by atoms with Gasteiger partial charge in [-0.2, -0.15) is 0 Å². The maximum atomic E-state index is 9.00. The number of aliphatic hydroxyl groups is 1. The molecule has 5 nitrogen and oxygen atoms in total. The first-order valence-electron chi connectivity index (χ1n) is 6.38. The van der Waals surface area contributed by atoms with Gasteiger partial charge in [-0.25, -0.2) is 9.97 Å². The fourth-order valence-electron chi connectivity index (χ4n) is 1.73. The van der Waals surface area contributed by atoms with Gasteiger partial charge in [0.05, 0.1) is 12.3 Å². The molecule has 0 radical (unpaired) electrons. The predicted molar refractivity (Wildman–Crippen MR) is 78.0 cm³/mol. The van der Waals surface area contributed by atoms with E-state index in [1.165, 1.54) is 0 Å². The van der Waals surface area contributed by atoms with E-state index in [-0.39, 0.29) is 6.61 Å². The Kier molecular flexibility index (Phi) is 4.68. The van der Waals surface area contributed by atoms with Gasteiger partial charge < -0.3 is 15.1 Å². The number of benzene rings is 1. The van der Waals surface area contributed by atoms with Gasteiger partial charge in [-0.05, 0) is 13.8 Å². The molecule has 0 saturated carbocycles. The molecule has 0 saturated heterocycles. The van der Waals surface area contributed by atoms with E-state index in [4.69, 9.17) is 5.11 Å². The monoisotopic (exact) mass is 270 g/mol. The Balaban J connectivity index is 0.000000205. The van der Waals surface area contributed by atoms with E-state index in [2.05, 4.69) is 19.9 Å². The smallest absolute Gasteiger partial charge is 0.137 e. The van der Waals surface area contributed by atoms with Gasteiger partial charge in [0.2, 0.25) is 0 Å². The molecule has 0 aliphatic rings. The van der Waals surface area contributed by atoms with Crippen LogP contribution in [-0.2, 0) is 6.61 Å². The van der Waals surface area contributed by atoms with Crippen molar-refractivity contribution in [1.82, 2.24) is 19.9 Å². The van der Waals surface area contributed by atoms with Gasteiger partial charge in [0.25, 0.3) is 0 Å². The molecule has 0 aliphatic carbocycles. The summed E-state index contributed by atoms with van der Waals surface area (Å²) < 4.78 is 0. The number of imidazole rings is 2. The minimum atomic E-state index is -0.0187. The topological polar surface area (TPSA) is 77.6 Å². The lowest BCUT2D eigenvalue weighted by Gasteiger charge is -1.93. The summed E-state index contributed by atoms with van der Waals surface area (Å²) in [6.45, 7) is 3.81. The lowest BCUT2D eigenvalue weighted by atomic mass is 10.2. The highest BCUT2D eigenvalue weighted by Crippen LogP contribution is 2.17. The van der Waals surface area contributed by atoms with E-state index in [1.807, 2.05) is 44.2 Å². The van der Waals surface area contributed by atoms with Crippen molar-refractivity contribution in [2.24, 2.45) is 0 Å². The molecule has 0 amide bonds. The van der Waals surface area contributed by atoms with Crippen LogP contribution in [0, 0.1) is 13.8 Å². The minimum absolute atomic E-state index is 0.0187. The number of nitrogens with zero attached hydrogens (tertiary/aromatic N) is 2. The third-order valence-electron chi connectivity index (χ3n) is 2.82. The van der Waals surface area contributed by atoms with Crippen LogP contribution < -0.4 is 0 Å². The molecule has 0 unspecified atom stereocenters. The zero-order valence-corrected chi connectivity index (χ0v) is 11.6. The zero-order valence-electron chi connectivity index (χ0n) is 11.6.